The predicted octanol–water partition coefficient (Wildman–Crippen LogP) is 3.45. The lowest BCUT2D eigenvalue weighted by atomic mass is 10.1. The summed E-state index contributed by atoms with van der Waals surface area (Å²) in [5.74, 6) is 1.38. The first-order valence-corrected chi connectivity index (χ1v) is 9.23. The zero-order valence-electron chi connectivity index (χ0n) is 15.4. The fourth-order valence-electron chi connectivity index (χ4n) is 2.47. The number of amides is 1. The molecule has 1 aromatic heterocycles. The molecule has 0 atom stereocenters. The first kappa shape index (κ1) is 19.3. The van der Waals surface area contributed by atoms with Crippen LogP contribution in [0.2, 0.25) is 0 Å². The Kier molecular flexibility index (Phi) is 5.85. The lowest BCUT2D eigenvalue weighted by molar-refractivity contribution is -0.115. The first-order chi connectivity index (χ1) is 13.5. The summed E-state index contributed by atoms with van der Waals surface area (Å²) >= 11 is 1.32. The third-order valence-electron chi connectivity index (χ3n) is 3.87. The van der Waals surface area contributed by atoms with Crippen molar-refractivity contribution < 1.29 is 19.4 Å². The van der Waals surface area contributed by atoms with Gasteiger partial charge in [0.25, 0.3) is 0 Å². The number of carbonyl (C=O) groups is 1. The van der Waals surface area contributed by atoms with E-state index in [0.29, 0.717) is 33.7 Å². The average Bonchev–Trinajstić information content (AvgIpc) is 3.13. The fourth-order valence-corrected chi connectivity index (χ4v) is 3.18. The van der Waals surface area contributed by atoms with Crippen molar-refractivity contribution in [1.29, 1.82) is 0 Å². The van der Waals surface area contributed by atoms with Crippen LogP contribution >= 0.6 is 11.3 Å². The van der Waals surface area contributed by atoms with Crippen molar-refractivity contribution in [1.82, 2.24) is 4.98 Å². The van der Waals surface area contributed by atoms with Crippen LogP contribution in [-0.2, 0) is 11.2 Å². The number of benzene rings is 2. The number of thiazole rings is 1. The number of aromatic hydroxyl groups is 1. The van der Waals surface area contributed by atoms with E-state index in [1.54, 1.807) is 42.8 Å². The molecule has 28 heavy (non-hydrogen) atoms. The normalized spacial score (nSPS) is 10.4. The number of phenolic OH excluding ortho intramolecular Hbond substituents is 1. The molecule has 2 aromatic carbocycles. The molecule has 5 N–H and O–H groups in total. The van der Waals surface area contributed by atoms with Gasteiger partial charge in [0, 0.05) is 18.1 Å². The van der Waals surface area contributed by atoms with Crippen molar-refractivity contribution >= 4 is 33.9 Å². The van der Waals surface area contributed by atoms with E-state index in [1.807, 2.05) is 0 Å². The Morgan fingerprint density at radius 2 is 2.14 bits per heavy atom. The Morgan fingerprint density at radius 1 is 1.32 bits per heavy atom. The van der Waals surface area contributed by atoms with Crippen LogP contribution in [0.4, 0.5) is 16.6 Å². The molecule has 8 nitrogen and oxygen atoms in total. The monoisotopic (exact) mass is 400 g/mol. The standard InChI is InChI=1S/C19H20N4O4S/c1-21-16-10-28-19(22-16)23-17(25)9-11-8-12(6-7-13(11)20)27-18-14(24)4-3-5-15(18)26-2/h3-8,10,21,24H,9,20H2,1-2H3,(H,22,23,25). The number of rotatable bonds is 7. The summed E-state index contributed by atoms with van der Waals surface area (Å²) in [5, 5.41) is 18.0. The summed E-state index contributed by atoms with van der Waals surface area (Å²) in [6.07, 6.45) is 0.0510. The number of ether oxygens (including phenoxy) is 2. The maximum Gasteiger partial charge on any atom is 0.230 e. The number of aromatic nitrogens is 1. The number of hydrogen-bond donors (Lipinski definition) is 4. The van der Waals surface area contributed by atoms with Gasteiger partial charge in [0.15, 0.2) is 16.6 Å². The van der Waals surface area contributed by atoms with E-state index in [1.165, 1.54) is 24.5 Å². The molecule has 9 heteroatoms. The Bertz CT molecular complexity index is 990. The predicted molar refractivity (Wildman–Crippen MR) is 110 cm³/mol. The van der Waals surface area contributed by atoms with Gasteiger partial charge in [-0.2, -0.15) is 0 Å². The average molecular weight is 400 g/mol. The van der Waals surface area contributed by atoms with Crippen LogP contribution in [0.1, 0.15) is 5.56 Å². The smallest absolute Gasteiger partial charge is 0.230 e. The van der Waals surface area contributed by atoms with Gasteiger partial charge in [0.1, 0.15) is 11.6 Å². The van der Waals surface area contributed by atoms with Gasteiger partial charge in [-0.25, -0.2) is 4.98 Å². The molecule has 146 valence electrons. The molecule has 3 aromatic rings. The molecule has 0 fully saturated rings. The number of nitrogens with two attached hydrogens (primary N) is 1. The van der Waals surface area contributed by atoms with Gasteiger partial charge in [0.05, 0.1) is 13.5 Å². The van der Waals surface area contributed by atoms with Crippen molar-refractivity contribution in [3.63, 3.8) is 0 Å². The fraction of sp³-hybridized carbons (Fsp3) is 0.158. The molecule has 0 aliphatic rings. The topological polar surface area (TPSA) is 119 Å². The Hall–Kier alpha value is -3.46. The second kappa shape index (κ2) is 8.49. The number of nitrogens with one attached hydrogen (secondary N) is 2. The van der Waals surface area contributed by atoms with E-state index in [2.05, 4.69) is 15.6 Å². The number of para-hydroxylation sites is 1. The summed E-state index contributed by atoms with van der Waals surface area (Å²) in [6.45, 7) is 0. The quantitative estimate of drug-likeness (QED) is 0.449. The second-order valence-corrected chi connectivity index (χ2v) is 6.64. The number of phenols is 1. The maximum atomic E-state index is 12.3. The van der Waals surface area contributed by atoms with Crippen molar-refractivity contribution in [2.24, 2.45) is 0 Å². The summed E-state index contributed by atoms with van der Waals surface area (Å²) < 4.78 is 11.0. The van der Waals surface area contributed by atoms with Gasteiger partial charge in [-0.15, -0.1) is 11.3 Å². The second-order valence-electron chi connectivity index (χ2n) is 5.78. The lowest BCUT2D eigenvalue weighted by Gasteiger charge is -2.13. The Balaban J connectivity index is 1.75. The van der Waals surface area contributed by atoms with E-state index < -0.39 is 0 Å². The van der Waals surface area contributed by atoms with Crippen LogP contribution in [-0.4, -0.2) is 30.2 Å². The highest BCUT2D eigenvalue weighted by molar-refractivity contribution is 7.14. The van der Waals surface area contributed by atoms with Gasteiger partial charge in [0.2, 0.25) is 11.7 Å². The number of nitrogen functional groups attached to an aromatic ring is 1. The van der Waals surface area contributed by atoms with Gasteiger partial charge in [-0.05, 0) is 35.9 Å². The van der Waals surface area contributed by atoms with Crippen LogP contribution in [0.25, 0.3) is 0 Å². The Labute approximate surface area is 165 Å². The zero-order chi connectivity index (χ0) is 20.1. The third-order valence-corrected chi connectivity index (χ3v) is 4.63. The highest BCUT2D eigenvalue weighted by Gasteiger charge is 2.14. The summed E-state index contributed by atoms with van der Waals surface area (Å²) in [6, 6.07) is 9.78. The Morgan fingerprint density at radius 3 is 2.86 bits per heavy atom. The molecule has 0 aliphatic heterocycles. The van der Waals surface area contributed by atoms with Crippen molar-refractivity contribution in [3.05, 3.63) is 47.3 Å². The minimum atomic E-state index is -0.249. The van der Waals surface area contributed by atoms with E-state index >= 15 is 0 Å². The maximum absolute atomic E-state index is 12.3. The molecule has 0 aliphatic carbocycles. The van der Waals surface area contributed by atoms with Gasteiger partial charge >= 0.3 is 0 Å². The molecule has 0 radical (unpaired) electrons. The molecule has 0 bridgehead atoms. The van der Waals surface area contributed by atoms with Gasteiger partial charge in [-0.1, -0.05) is 6.07 Å². The third kappa shape index (κ3) is 4.44. The lowest BCUT2D eigenvalue weighted by Crippen LogP contribution is -2.15. The molecular weight excluding hydrogens is 380 g/mol. The van der Waals surface area contributed by atoms with Crippen molar-refractivity contribution in [3.8, 4) is 23.0 Å². The van der Waals surface area contributed by atoms with E-state index in [4.69, 9.17) is 15.2 Å². The van der Waals surface area contributed by atoms with Crippen LogP contribution in [0.3, 0.4) is 0 Å². The number of anilines is 3. The molecule has 0 unspecified atom stereocenters. The van der Waals surface area contributed by atoms with Crippen LogP contribution in [0.15, 0.2) is 41.8 Å². The zero-order valence-corrected chi connectivity index (χ0v) is 16.2. The van der Waals surface area contributed by atoms with E-state index in [-0.39, 0.29) is 23.8 Å². The number of carbonyl (C=O) groups excluding carboxylic acids is 1. The highest BCUT2D eigenvalue weighted by atomic mass is 32.1. The number of nitrogens with zero attached hydrogens (tertiary/aromatic N) is 1. The molecular formula is C19H20N4O4S. The first-order valence-electron chi connectivity index (χ1n) is 8.35. The summed E-state index contributed by atoms with van der Waals surface area (Å²) in [7, 11) is 3.24. The van der Waals surface area contributed by atoms with Crippen molar-refractivity contribution in [2.75, 3.05) is 30.5 Å². The molecule has 0 spiro atoms. The summed E-state index contributed by atoms with van der Waals surface area (Å²) in [5.41, 5.74) is 7.06. The number of methoxy groups -OCH3 is 1. The van der Waals surface area contributed by atoms with Gasteiger partial charge in [-0.3, -0.25) is 4.79 Å². The highest BCUT2D eigenvalue weighted by Crippen LogP contribution is 2.39. The molecule has 1 amide bonds. The SMILES string of the molecule is CNc1csc(NC(=O)Cc2cc(Oc3c(O)cccc3OC)ccc2N)n1. The van der Waals surface area contributed by atoms with Crippen LogP contribution in [0, 0.1) is 0 Å². The van der Waals surface area contributed by atoms with E-state index in [9.17, 15) is 9.90 Å². The number of hydrogen-bond acceptors (Lipinski definition) is 8. The van der Waals surface area contributed by atoms with E-state index in [0.717, 1.165) is 0 Å². The summed E-state index contributed by atoms with van der Waals surface area (Å²) in [4.78, 5) is 16.5. The molecule has 3 rings (SSSR count). The van der Waals surface area contributed by atoms with Crippen molar-refractivity contribution in [2.45, 2.75) is 6.42 Å². The van der Waals surface area contributed by atoms with Gasteiger partial charge < -0.3 is 30.9 Å². The molecule has 0 saturated carbocycles. The largest absolute Gasteiger partial charge is 0.504 e. The minimum Gasteiger partial charge on any atom is -0.504 e. The van der Waals surface area contributed by atoms with Crippen LogP contribution < -0.4 is 25.8 Å². The molecule has 0 saturated heterocycles. The van der Waals surface area contributed by atoms with Crippen LogP contribution in [0.5, 0.6) is 23.0 Å². The molecule has 1 heterocycles. The minimum absolute atomic E-state index is 0.0510.